The third kappa shape index (κ3) is 22.4. The van der Waals surface area contributed by atoms with Gasteiger partial charge in [-0.2, -0.15) is 0 Å². The summed E-state index contributed by atoms with van der Waals surface area (Å²) in [6.07, 6.45) is 27.5. The van der Waals surface area contributed by atoms with Gasteiger partial charge in [-0.3, -0.25) is 4.79 Å². The number of unbranched alkanes of at least 4 members (excludes halogenated alkanes) is 18. The maximum absolute atomic E-state index is 12.1. The summed E-state index contributed by atoms with van der Waals surface area (Å²) in [4.78, 5) is 12.1. The van der Waals surface area contributed by atoms with E-state index in [0.29, 0.717) is 6.42 Å². The van der Waals surface area contributed by atoms with Gasteiger partial charge in [-0.05, 0) is 25.6 Å². The average molecular weight is 441 g/mol. The van der Waals surface area contributed by atoms with Crippen molar-refractivity contribution in [2.24, 2.45) is 0 Å². The first-order chi connectivity index (χ1) is 14.5. The Morgan fingerprint density at radius 3 is 1.27 bits per heavy atom. The molecule has 0 spiro atoms. The van der Waals surface area contributed by atoms with E-state index in [4.69, 9.17) is 4.43 Å². The molecule has 0 N–H and O–H groups in total. The Morgan fingerprint density at radius 1 is 0.533 bits per heavy atom. The van der Waals surface area contributed by atoms with Gasteiger partial charge in [0.25, 0.3) is 5.97 Å². The lowest BCUT2D eigenvalue weighted by Gasteiger charge is -2.22. The normalized spacial score (nSPS) is 11.7. The quantitative estimate of drug-likeness (QED) is 0.117. The molecule has 3 heteroatoms. The molecular weight excluding hydrogens is 384 g/mol. The molecule has 0 aliphatic rings. The molecule has 0 aromatic heterocycles. The molecule has 0 aliphatic heterocycles. The zero-order valence-corrected chi connectivity index (χ0v) is 22.4. The van der Waals surface area contributed by atoms with Gasteiger partial charge in [0.15, 0.2) is 0 Å². The fourth-order valence-electron chi connectivity index (χ4n) is 4.21. The summed E-state index contributed by atoms with van der Waals surface area (Å²) in [6.45, 7) is 8.95. The minimum atomic E-state index is -1.79. The van der Waals surface area contributed by atoms with Gasteiger partial charge in [-0.1, -0.05) is 136 Å². The number of hydrogen-bond donors (Lipinski definition) is 0. The molecule has 0 aromatic rings. The zero-order valence-electron chi connectivity index (χ0n) is 21.4. The van der Waals surface area contributed by atoms with Crippen LogP contribution in [0.25, 0.3) is 0 Å². The molecule has 2 nitrogen and oxygen atoms in total. The minimum absolute atomic E-state index is 0.0647. The van der Waals surface area contributed by atoms with Gasteiger partial charge in [0.05, 0.1) is 0 Å². The number of hydrogen-bond acceptors (Lipinski definition) is 2. The molecular formula is C27H56O2Si. The number of carbonyl (C=O) groups excluding carboxylic acids is 1. The molecule has 0 aromatic carbocycles. The molecule has 0 heterocycles. The van der Waals surface area contributed by atoms with E-state index in [1.807, 2.05) is 0 Å². The van der Waals surface area contributed by atoms with Crippen LogP contribution in [-0.4, -0.2) is 14.3 Å². The SMILES string of the molecule is CCCCCCCCCCCCCCCCCC(=O)O[Si](C)(C)CCCCCCC. The van der Waals surface area contributed by atoms with E-state index in [1.165, 1.54) is 122 Å². The van der Waals surface area contributed by atoms with Gasteiger partial charge in [0.1, 0.15) is 0 Å². The van der Waals surface area contributed by atoms with Gasteiger partial charge < -0.3 is 4.43 Å². The second kappa shape index (κ2) is 21.9. The van der Waals surface area contributed by atoms with Crippen LogP contribution in [0.4, 0.5) is 0 Å². The molecule has 0 unspecified atom stereocenters. The molecule has 0 atom stereocenters. The fraction of sp³-hybridized carbons (Fsp3) is 0.963. The highest BCUT2D eigenvalue weighted by atomic mass is 28.4. The smallest absolute Gasteiger partial charge is 0.292 e. The van der Waals surface area contributed by atoms with Crippen LogP contribution in [0.3, 0.4) is 0 Å². The Bertz CT molecular complexity index is 368. The molecule has 0 bridgehead atoms. The highest BCUT2D eigenvalue weighted by Gasteiger charge is 2.25. The van der Waals surface area contributed by atoms with Gasteiger partial charge in [-0.25, -0.2) is 0 Å². The van der Waals surface area contributed by atoms with E-state index in [0.717, 1.165) is 12.5 Å². The Morgan fingerprint density at radius 2 is 0.867 bits per heavy atom. The third-order valence-electron chi connectivity index (χ3n) is 6.26. The minimum Gasteiger partial charge on any atom is -0.520 e. The third-order valence-corrected chi connectivity index (χ3v) is 8.59. The van der Waals surface area contributed by atoms with Crippen molar-refractivity contribution in [1.82, 2.24) is 0 Å². The largest absolute Gasteiger partial charge is 0.520 e. The summed E-state index contributed by atoms with van der Waals surface area (Å²) in [5, 5.41) is 0. The van der Waals surface area contributed by atoms with E-state index < -0.39 is 8.32 Å². The molecule has 0 rings (SSSR count). The molecule has 0 amide bonds. The lowest BCUT2D eigenvalue weighted by molar-refractivity contribution is -0.135. The molecule has 0 saturated heterocycles. The summed E-state index contributed by atoms with van der Waals surface area (Å²) >= 11 is 0. The van der Waals surface area contributed by atoms with Gasteiger partial charge in [0, 0.05) is 6.42 Å². The fourth-order valence-corrected chi connectivity index (χ4v) is 6.13. The van der Waals surface area contributed by atoms with Gasteiger partial charge in [0.2, 0.25) is 8.32 Å². The maximum atomic E-state index is 12.1. The maximum Gasteiger partial charge on any atom is 0.292 e. The van der Waals surface area contributed by atoms with E-state index in [9.17, 15) is 4.79 Å². The Balaban J connectivity index is 3.38. The van der Waals surface area contributed by atoms with Crippen LogP contribution in [0.1, 0.15) is 149 Å². The summed E-state index contributed by atoms with van der Waals surface area (Å²) in [6, 6.07) is 1.13. The van der Waals surface area contributed by atoms with Gasteiger partial charge in [-0.15, -0.1) is 0 Å². The highest BCUT2D eigenvalue weighted by molar-refractivity contribution is 6.72. The van der Waals surface area contributed by atoms with Crippen molar-refractivity contribution in [2.45, 2.75) is 168 Å². The van der Waals surface area contributed by atoms with Crippen molar-refractivity contribution in [2.75, 3.05) is 0 Å². The van der Waals surface area contributed by atoms with E-state index >= 15 is 0 Å². The van der Waals surface area contributed by atoms with Crippen molar-refractivity contribution in [3.8, 4) is 0 Å². The van der Waals surface area contributed by atoms with Crippen LogP contribution in [0.2, 0.25) is 19.1 Å². The monoisotopic (exact) mass is 440 g/mol. The predicted octanol–water partition coefficient (Wildman–Crippen LogP) is 9.97. The van der Waals surface area contributed by atoms with Crippen molar-refractivity contribution < 1.29 is 9.22 Å². The molecule has 0 aliphatic carbocycles. The number of rotatable bonds is 23. The first-order valence-electron chi connectivity index (χ1n) is 13.7. The first-order valence-corrected chi connectivity index (χ1v) is 16.8. The van der Waals surface area contributed by atoms with Crippen molar-refractivity contribution >= 4 is 14.3 Å². The second-order valence-corrected chi connectivity index (χ2v) is 14.3. The molecule has 30 heavy (non-hydrogen) atoms. The summed E-state index contributed by atoms with van der Waals surface area (Å²) in [7, 11) is -1.79. The first kappa shape index (κ1) is 29.7. The molecule has 180 valence electrons. The topological polar surface area (TPSA) is 26.3 Å². The van der Waals surface area contributed by atoms with Crippen molar-refractivity contribution in [1.29, 1.82) is 0 Å². The predicted molar refractivity (Wildman–Crippen MR) is 137 cm³/mol. The Labute approximate surface area is 191 Å². The lowest BCUT2D eigenvalue weighted by Crippen LogP contribution is -2.33. The van der Waals surface area contributed by atoms with Crippen LogP contribution in [0, 0.1) is 0 Å². The van der Waals surface area contributed by atoms with Crippen LogP contribution < -0.4 is 0 Å². The molecule has 0 radical (unpaired) electrons. The van der Waals surface area contributed by atoms with Gasteiger partial charge >= 0.3 is 0 Å². The second-order valence-electron chi connectivity index (χ2n) is 10.1. The van der Waals surface area contributed by atoms with Crippen LogP contribution in [0.15, 0.2) is 0 Å². The summed E-state index contributed by atoms with van der Waals surface area (Å²) in [5.74, 6) is 0.0647. The van der Waals surface area contributed by atoms with E-state index in [1.54, 1.807) is 0 Å². The van der Waals surface area contributed by atoms with Crippen LogP contribution >= 0.6 is 0 Å². The van der Waals surface area contributed by atoms with E-state index in [-0.39, 0.29) is 5.97 Å². The highest BCUT2D eigenvalue weighted by Crippen LogP contribution is 2.19. The molecule has 0 saturated carbocycles. The average Bonchev–Trinajstić information content (AvgIpc) is 2.70. The van der Waals surface area contributed by atoms with Crippen molar-refractivity contribution in [3.63, 3.8) is 0 Å². The standard InChI is InChI=1S/C27H56O2Si/c1-5-7-9-11-12-13-14-15-16-17-18-19-20-21-23-25-27(28)29-30(3,4)26-24-22-10-8-6-2/h5-26H2,1-4H3. The van der Waals surface area contributed by atoms with E-state index in [2.05, 4.69) is 26.9 Å². The van der Waals surface area contributed by atoms with Crippen LogP contribution in [0.5, 0.6) is 0 Å². The zero-order chi connectivity index (χ0) is 22.3. The number of carbonyl (C=O) groups is 1. The summed E-state index contributed by atoms with van der Waals surface area (Å²) in [5.41, 5.74) is 0. The summed E-state index contributed by atoms with van der Waals surface area (Å²) < 4.78 is 5.86. The molecule has 0 fully saturated rings. The Kier molecular flexibility index (Phi) is 21.7. The van der Waals surface area contributed by atoms with Crippen molar-refractivity contribution in [3.05, 3.63) is 0 Å². The van der Waals surface area contributed by atoms with Crippen LogP contribution in [-0.2, 0) is 9.22 Å². The Hall–Kier alpha value is -0.313. The lowest BCUT2D eigenvalue weighted by atomic mass is 10.0.